The number of aliphatic hydroxyl groups is 2. The number of carbonyl (C=O) groups excluding carboxylic acids is 1. The molecule has 9 rings (SSSR count). The number of rotatable bonds is 10. The highest BCUT2D eigenvalue weighted by molar-refractivity contribution is 8.07. The number of hydrogen-bond acceptors (Lipinski definition) is 19. The molecule has 0 aromatic carbocycles. The molecule has 4 aromatic heterocycles. The fraction of sp³-hybridized carbons (Fsp3) is 0.667. The average Bonchev–Trinajstić information content (AvgIpc) is 3.41. The van der Waals surface area contributed by atoms with Gasteiger partial charge < -0.3 is 58.9 Å². The number of nitrogen functional groups attached to an aromatic ring is 1. The Morgan fingerprint density at radius 3 is 2.40 bits per heavy atom. The van der Waals surface area contributed by atoms with Crippen molar-refractivity contribution in [2.75, 3.05) is 37.4 Å². The maximum atomic E-state index is 12.7. The number of nitrogens with zero attached hydrogens (tertiary/aromatic N) is 7. The first kappa shape index (κ1) is 44.6. The van der Waals surface area contributed by atoms with Crippen LogP contribution in [-0.4, -0.2) is 131 Å². The van der Waals surface area contributed by atoms with Gasteiger partial charge in [0.1, 0.15) is 54.1 Å². The third-order valence-corrected chi connectivity index (χ3v) is 16.8. The zero-order valence-corrected chi connectivity index (χ0v) is 38.7. The van der Waals surface area contributed by atoms with Crippen LogP contribution in [0, 0.1) is 5.41 Å². The third kappa shape index (κ3) is 9.25. The van der Waals surface area contributed by atoms with Gasteiger partial charge in [-0.25, -0.2) is 15.0 Å². The van der Waals surface area contributed by atoms with Crippen molar-refractivity contribution < 1.29 is 57.1 Å². The Bertz CT molecular complexity index is 2460. The molecule has 0 radical (unpaired) electrons. The van der Waals surface area contributed by atoms with Gasteiger partial charge in [-0.1, -0.05) is 19.6 Å². The predicted octanol–water partition coefficient (Wildman–Crippen LogP) is 2.96. The lowest BCUT2D eigenvalue weighted by atomic mass is 10.0. The van der Waals surface area contributed by atoms with E-state index in [1.807, 2.05) is 6.20 Å². The number of fused-ring (bicyclic) bond motifs is 4. The van der Waals surface area contributed by atoms with E-state index in [2.05, 4.69) is 49.9 Å². The fourth-order valence-corrected chi connectivity index (χ4v) is 12.0. The maximum absolute atomic E-state index is 12.7. The normalized spacial score (nSPS) is 33.6. The molecular formula is C36H51N9O12P2S2Si. The van der Waals surface area contributed by atoms with Crippen LogP contribution >= 0.6 is 13.4 Å². The molecule has 62 heavy (non-hydrogen) atoms. The Hall–Kier alpha value is -2.64. The van der Waals surface area contributed by atoms with Gasteiger partial charge in [0.15, 0.2) is 23.9 Å². The fourth-order valence-electron chi connectivity index (χ4n) is 8.41. The third-order valence-electron chi connectivity index (χ3n) is 12.0. The van der Waals surface area contributed by atoms with E-state index in [0.717, 1.165) is 61.2 Å². The molecule has 2 unspecified atom stereocenters. The van der Waals surface area contributed by atoms with Crippen molar-refractivity contribution in [1.29, 1.82) is 0 Å². The number of imidazole rings is 1. The molecule has 338 valence electrons. The Labute approximate surface area is 367 Å². The lowest BCUT2D eigenvalue weighted by Gasteiger charge is -2.28. The largest absolute Gasteiger partial charge is 0.466 e. The van der Waals surface area contributed by atoms with Crippen LogP contribution in [0.4, 0.5) is 11.8 Å². The van der Waals surface area contributed by atoms with Crippen LogP contribution in [0.1, 0.15) is 55.8 Å². The van der Waals surface area contributed by atoms with E-state index in [-0.39, 0.29) is 40.7 Å². The summed E-state index contributed by atoms with van der Waals surface area (Å²) in [5, 5.41) is 27.4. The molecule has 26 heteroatoms. The van der Waals surface area contributed by atoms with Crippen molar-refractivity contribution in [3.63, 3.8) is 0 Å². The second-order valence-electron chi connectivity index (χ2n) is 17.9. The number of aromatic nitrogens is 7. The van der Waals surface area contributed by atoms with Gasteiger partial charge in [0, 0.05) is 26.2 Å². The van der Waals surface area contributed by atoms with Crippen LogP contribution in [0.15, 0.2) is 18.9 Å². The maximum Gasteiger partial charge on any atom is 0.325 e. The van der Waals surface area contributed by atoms with Crippen LogP contribution in [0.2, 0.25) is 25.7 Å². The van der Waals surface area contributed by atoms with E-state index < -0.39 is 83.8 Å². The minimum absolute atomic E-state index is 0.0467. The molecule has 2 aliphatic carbocycles. The number of nitrogens with two attached hydrogens (primary N) is 1. The van der Waals surface area contributed by atoms with E-state index in [0.29, 0.717) is 18.8 Å². The summed E-state index contributed by atoms with van der Waals surface area (Å²) in [6, 6.07) is 0.894. The second kappa shape index (κ2) is 17.0. The molecular weight excluding hydrogens is 905 g/mol. The van der Waals surface area contributed by atoms with Crippen LogP contribution < -0.4 is 11.1 Å². The van der Waals surface area contributed by atoms with Gasteiger partial charge in [-0.05, 0) is 79.2 Å². The van der Waals surface area contributed by atoms with Crippen LogP contribution in [0.5, 0.6) is 0 Å². The summed E-state index contributed by atoms with van der Waals surface area (Å²) in [6.45, 7) is -1.93. The minimum atomic E-state index is -4.25. The highest BCUT2D eigenvalue weighted by atomic mass is 32.5. The summed E-state index contributed by atoms with van der Waals surface area (Å²) >= 11 is 10.9. The summed E-state index contributed by atoms with van der Waals surface area (Å²) < 4.78 is 44.8. The number of hydrogen-bond donors (Lipinski definition) is 6. The monoisotopic (exact) mass is 955 g/mol. The average molecular weight is 956 g/mol. The first-order chi connectivity index (χ1) is 29.4. The van der Waals surface area contributed by atoms with Crippen molar-refractivity contribution >= 4 is 85.1 Å². The Balaban J connectivity index is 0.937. The summed E-state index contributed by atoms with van der Waals surface area (Å²) in [6.07, 6.45) is -0.200. The number of carbonyl (C=O) groups is 1. The van der Waals surface area contributed by atoms with Gasteiger partial charge in [-0.2, -0.15) is 9.97 Å². The van der Waals surface area contributed by atoms with Gasteiger partial charge in [-0.3, -0.25) is 18.4 Å². The lowest BCUT2D eigenvalue weighted by Crippen LogP contribution is -2.36. The van der Waals surface area contributed by atoms with Crippen LogP contribution in [0.3, 0.4) is 0 Å². The number of aryl methyl sites for hydroxylation is 2. The van der Waals surface area contributed by atoms with Crippen LogP contribution in [-0.2, 0) is 73.6 Å². The Morgan fingerprint density at radius 2 is 1.66 bits per heavy atom. The molecule has 3 aliphatic heterocycles. The molecule has 7 N–H and O–H groups in total. The smallest absolute Gasteiger partial charge is 0.325 e. The number of anilines is 2. The molecule has 1 saturated carbocycles. The highest BCUT2D eigenvalue weighted by Crippen LogP contribution is 2.54. The zero-order valence-electron chi connectivity index (χ0n) is 34.3. The molecule has 7 heterocycles. The van der Waals surface area contributed by atoms with Gasteiger partial charge >= 0.3 is 19.4 Å². The first-order valence-corrected chi connectivity index (χ1v) is 29.5. The molecule has 0 amide bonds. The molecule has 4 aromatic rings. The minimum Gasteiger partial charge on any atom is -0.466 e. The second-order valence-corrected chi connectivity index (χ2v) is 29.1. The molecule has 3 saturated heterocycles. The quantitative estimate of drug-likeness (QED) is 0.0757. The standard InChI is InChI=1S/C36H51N9O12P2S2Si/c1-62(2,3)11-10-51-23(46)12-36(8-9-36)16-38-35-42-30(37)25-32(43-35)45(18-41-25)34-29-26(47)21(54-34)14-52-58(49,60)56-28-22(15-53-59(50,61)57-29)55-33(27(28)48)44-13-19-6-4-5-7-20-24(19)31(44)40-17-39-20/h13,17-18,21-22,26-29,33-34,47-48H,4-12,14-16H2,1-3H3,(H,49,60)(H,50,61)(H3,37,38,42,43)/t21-,22-,26-,27-,28-,29-,33-,34-,58?,59?/m1/s1. The van der Waals surface area contributed by atoms with Gasteiger partial charge in [-0.15, -0.1) is 0 Å². The zero-order chi connectivity index (χ0) is 43.8. The lowest BCUT2D eigenvalue weighted by molar-refractivity contribution is -0.144. The predicted molar refractivity (Wildman–Crippen MR) is 232 cm³/mol. The molecule has 4 fully saturated rings. The van der Waals surface area contributed by atoms with Gasteiger partial charge in [0.05, 0.1) is 38.3 Å². The molecule has 0 spiro atoms. The van der Waals surface area contributed by atoms with Crippen LogP contribution in [0.25, 0.3) is 22.2 Å². The summed E-state index contributed by atoms with van der Waals surface area (Å²) in [4.78, 5) is 58.1. The molecule has 21 nitrogen and oxygen atoms in total. The van der Waals surface area contributed by atoms with Crippen molar-refractivity contribution in [2.24, 2.45) is 5.41 Å². The summed E-state index contributed by atoms with van der Waals surface area (Å²) in [5.74, 6) is -0.0311. The summed E-state index contributed by atoms with van der Waals surface area (Å²) in [5.41, 5.74) is 8.95. The Kier molecular flexibility index (Phi) is 12.2. The van der Waals surface area contributed by atoms with E-state index in [1.165, 1.54) is 17.2 Å². The number of esters is 1. The highest BCUT2D eigenvalue weighted by Gasteiger charge is 2.53. The molecule has 10 atom stereocenters. The van der Waals surface area contributed by atoms with Crippen molar-refractivity contribution in [3.8, 4) is 0 Å². The molecule has 5 aliphatic rings. The number of aliphatic hydroxyl groups excluding tert-OH is 2. The topological polar surface area (TPSA) is 275 Å². The molecule has 2 bridgehead atoms. The first-order valence-electron chi connectivity index (χ1n) is 20.6. The van der Waals surface area contributed by atoms with Crippen molar-refractivity contribution in [3.05, 3.63) is 30.1 Å². The van der Waals surface area contributed by atoms with Gasteiger partial charge in [0.25, 0.3) is 0 Å². The van der Waals surface area contributed by atoms with E-state index >= 15 is 0 Å². The van der Waals surface area contributed by atoms with E-state index in [1.54, 1.807) is 4.57 Å². The van der Waals surface area contributed by atoms with E-state index in [9.17, 15) is 24.8 Å². The Morgan fingerprint density at radius 1 is 0.952 bits per heavy atom. The van der Waals surface area contributed by atoms with Gasteiger partial charge in [0.2, 0.25) is 5.95 Å². The van der Waals surface area contributed by atoms with Crippen molar-refractivity contribution in [2.45, 2.75) is 120 Å². The number of ether oxygens (including phenoxy) is 3. The number of nitrogens with one attached hydrogen (secondary N) is 1. The van der Waals surface area contributed by atoms with Crippen molar-refractivity contribution in [1.82, 2.24) is 34.1 Å². The summed E-state index contributed by atoms with van der Waals surface area (Å²) in [7, 11) is -1.35. The van der Waals surface area contributed by atoms with E-state index in [4.69, 9.17) is 61.7 Å². The SMILES string of the molecule is C[Si](C)(C)CCOC(=O)CC1(CNc2nc(N)c3ncn([C@@H]4O[C@@H]5COP(O)(=S)O[C@H]6[C@@H](O)[C@H](n7cc8c9c(ncnc97)CCCC8)O[C@@H]6COP(O)(=S)O[C@@H]4[C@@H]5O)c3n2)CC1.